The molecule has 7 heteroatoms. The van der Waals surface area contributed by atoms with Crippen molar-refractivity contribution < 1.29 is 9.53 Å². The molecule has 0 bridgehead atoms. The Balaban J connectivity index is 1.55. The Morgan fingerprint density at radius 2 is 2.17 bits per heavy atom. The molecule has 0 spiro atoms. The SMILES string of the molecule is C=CCNC(=O)C1CCN(c2nccn3nc(-c4cccc(OC)c4)cc23)CC1. The fourth-order valence-corrected chi connectivity index (χ4v) is 3.75. The van der Waals surface area contributed by atoms with Gasteiger partial charge in [-0.3, -0.25) is 4.79 Å². The topological polar surface area (TPSA) is 71.8 Å². The Kier molecular flexibility index (Phi) is 5.46. The monoisotopic (exact) mass is 391 g/mol. The lowest BCUT2D eigenvalue weighted by molar-refractivity contribution is -0.125. The Bertz CT molecular complexity index is 1020. The molecule has 150 valence electrons. The van der Waals surface area contributed by atoms with Crippen molar-refractivity contribution in [2.75, 3.05) is 31.6 Å². The number of piperidine rings is 1. The van der Waals surface area contributed by atoms with E-state index in [1.165, 1.54) is 0 Å². The van der Waals surface area contributed by atoms with Crippen molar-refractivity contribution in [3.05, 3.63) is 55.4 Å². The summed E-state index contributed by atoms with van der Waals surface area (Å²) in [6, 6.07) is 9.92. The molecule has 0 radical (unpaired) electrons. The molecule has 1 aromatic carbocycles. The van der Waals surface area contributed by atoms with E-state index in [0.29, 0.717) is 6.54 Å². The molecule has 0 unspecified atom stereocenters. The summed E-state index contributed by atoms with van der Waals surface area (Å²) in [6.45, 7) is 5.74. The maximum atomic E-state index is 12.2. The number of carbonyl (C=O) groups excluding carboxylic acids is 1. The van der Waals surface area contributed by atoms with Gasteiger partial charge in [-0.15, -0.1) is 6.58 Å². The zero-order valence-electron chi connectivity index (χ0n) is 16.5. The zero-order valence-corrected chi connectivity index (χ0v) is 16.5. The number of hydrogen-bond acceptors (Lipinski definition) is 5. The molecule has 0 atom stereocenters. The number of hydrogen-bond donors (Lipinski definition) is 1. The first kappa shape index (κ1) is 19.0. The highest BCUT2D eigenvalue weighted by molar-refractivity contribution is 5.80. The Hall–Kier alpha value is -3.35. The van der Waals surface area contributed by atoms with E-state index in [2.05, 4.69) is 27.8 Å². The number of aromatic nitrogens is 3. The lowest BCUT2D eigenvalue weighted by Crippen LogP contribution is -2.41. The van der Waals surface area contributed by atoms with Crippen molar-refractivity contribution in [2.24, 2.45) is 5.92 Å². The largest absolute Gasteiger partial charge is 0.497 e. The second-order valence-corrected chi connectivity index (χ2v) is 7.14. The van der Waals surface area contributed by atoms with Gasteiger partial charge in [0.15, 0.2) is 5.82 Å². The number of amides is 1. The van der Waals surface area contributed by atoms with Crippen LogP contribution in [0.1, 0.15) is 12.8 Å². The van der Waals surface area contributed by atoms with Crippen LogP contribution in [0.4, 0.5) is 5.82 Å². The van der Waals surface area contributed by atoms with E-state index in [1.54, 1.807) is 19.4 Å². The first-order valence-electron chi connectivity index (χ1n) is 9.82. The predicted molar refractivity (Wildman–Crippen MR) is 113 cm³/mol. The third-order valence-corrected chi connectivity index (χ3v) is 5.32. The molecule has 3 aromatic rings. The van der Waals surface area contributed by atoms with E-state index in [1.807, 2.05) is 35.0 Å². The Labute approximate surface area is 170 Å². The van der Waals surface area contributed by atoms with Crippen LogP contribution < -0.4 is 15.0 Å². The average Bonchev–Trinajstić information content (AvgIpc) is 3.22. The number of ether oxygens (including phenoxy) is 1. The van der Waals surface area contributed by atoms with Gasteiger partial charge in [0, 0.05) is 43.5 Å². The fraction of sp³-hybridized carbons (Fsp3) is 0.318. The van der Waals surface area contributed by atoms with E-state index in [4.69, 9.17) is 9.84 Å². The minimum atomic E-state index is 0.0446. The molecule has 1 amide bonds. The van der Waals surface area contributed by atoms with Gasteiger partial charge in [-0.05, 0) is 31.0 Å². The van der Waals surface area contributed by atoms with Gasteiger partial charge in [-0.2, -0.15) is 5.10 Å². The Morgan fingerprint density at radius 1 is 1.34 bits per heavy atom. The molecule has 1 N–H and O–H groups in total. The normalized spacial score (nSPS) is 14.7. The maximum absolute atomic E-state index is 12.2. The predicted octanol–water partition coefficient (Wildman–Crippen LogP) is 2.92. The quantitative estimate of drug-likeness (QED) is 0.654. The van der Waals surface area contributed by atoms with Crippen molar-refractivity contribution in [1.29, 1.82) is 0 Å². The number of carbonyl (C=O) groups is 1. The number of fused-ring (bicyclic) bond motifs is 1. The number of methoxy groups -OCH3 is 1. The lowest BCUT2D eigenvalue weighted by atomic mass is 9.96. The van der Waals surface area contributed by atoms with Gasteiger partial charge < -0.3 is 15.0 Å². The van der Waals surface area contributed by atoms with E-state index in [-0.39, 0.29) is 11.8 Å². The highest BCUT2D eigenvalue weighted by atomic mass is 16.5. The summed E-state index contributed by atoms with van der Waals surface area (Å²) in [7, 11) is 1.66. The molecule has 4 rings (SSSR count). The van der Waals surface area contributed by atoms with E-state index >= 15 is 0 Å². The maximum Gasteiger partial charge on any atom is 0.223 e. The van der Waals surface area contributed by atoms with Crippen LogP contribution in [-0.4, -0.2) is 47.2 Å². The summed E-state index contributed by atoms with van der Waals surface area (Å²) >= 11 is 0. The van der Waals surface area contributed by atoms with Crippen molar-refractivity contribution >= 4 is 17.2 Å². The van der Waals surface area contributed by atoms with Gasteiger partial charge in [0.2, 0.25) is 5.91 Å². The average molecular weight is 391 g/mol. The van der Waals surface area contributed by atoms with Crippen molar-refractivity contribution in [3.63, 3.8) is 0 Å². The highest BCUT2D eigenvalue weighted by Crippen LogP contribution is 2.29. The molecule has 3 heterocycles. The van der Waals surface area contributed by atoms with E-state index in [9.17, 15) is 4.79 Å². The molecule has 1 aliphatic rings. The van der Waals surface area contributed by atoms with Crippen molar-refractivity contribution in [3.8, 4) is 17.0 Å². The smallest absolute Gasteiger partial charge is 0.223 e. The molecule has 7 nitrogen and oxygen atoms in total. The first-order valence-corrected chi connectivity index (χ1v) is 9.82. The van der Waals surface area contributed by atoms with E-state index in [0.717, 1.165) is 54.3 Å². The van der Waals surface area contributed by atoms with Gasteiger partial charge in [-0.1, -0.05) is 18.2 Å². The van der Waals surface area contributed by atoms with Crippen LogP contribution >= 0.6 is 0 Å². The lowest BCUT2D eigenvalue weighted by Gasteiger charge is -2.32. The van der Waals surface area contributed by atoms with Crippen LogP contribution in [-0.2, 0) is 4.79 Å². The molecule has 1 aliphatic heterocycles. The summed E-state index contributed by atoms with van der Waals surface area (Å²) < 4.78 is 7.19. The molecular weight excluding hydrogens is 366 g/mol. The summed E-state index contributed by atoms with van der Waals surface area (Å²) in [6.07, 6.45) is 6.95. The molecule has 1 saturated heterocycles. The van der Waals surface area contributed by atoms with Crippen molar-refractivity contribution in [2.45, 2.75) is 12.8 Å². The van der Waals surface area contributed by atoms with Gasteiger partial charge in [0.25, 0.3) is 0 Å². The van der Waals surface area contributed by atoms with Crippen LogP contribution in [0.3, 0.4) is 0 Å². The van der Waals surface area contributed by atoms with Crippen LogP contribution in [0.2, 0.25) is 0 Å². The molecule has 0 aliphatic carbocycles. The number of nitrogens with zero attached hydrogens (tertiary/aromatic N) is 4. The minimum Gasteiger partial charge on any atom is -0.497 e. The van der Waals surface area contributed by atoms with Crippen LogP contribution in [0.15, 0.2) is 55.4 Å². The van der Waals surface area contributed by atoms with Crippen LogP contribution in [0.25, 0.3) is 16.8 Å². The summed E-state index contributed by atoms with van der Waals surface area (Å²) in [5, 5.41) is 7.61. The van der Waals surface area contributed by atoms with Gasteiger partial charge in [0.05, 0.1) is 12.8 Å². The van der Waals surface area contributed by atoms with Crippen LogP contribution in [0.5, 0.6) is 5.75 Å². The summed E-state index contributed by atoms with van der Waals surface area (Å²) in [5.74, 6) is 1.86. The number of anilines is 1. The molecular formula is C22H25N5O2. The van der Waals surface area contributed by atoms with Gasteiger partial charge in [-0.25, -0.2) is 9.50 Å². The van der Waals surface area contributed by atoms with Crippen LogP contribution in [0, 0.1) is 5.92 Å². The van der Waals surface area contributed by atoms with E-state index < -0.39 is 0 Å². The zero-order chi connectivity index (χ0) is 20.2. The Morgan fingerprint density at radius 3 is 2.93 bits per heavy atom. The number of nitrogens with one attached hydrogen (secondary N) is 1. The standard InChI is InChI=1S/C22H25N5O2/c1-3-9-24-22(28)16-7-11-26(12-8-16)21-20-15-19(25-27(20)13-10-23-21)17-5-4-6-18(14-17)29-2/h3-6,10,13-16H,1,7-9,11-12H2,2H3,(H,24,28). The third kappa shape index (κ3) is 3.94. The fourth-order valence-electron chi connectivity index (χ4n) is 3.75. The highest BCUT2D eigenvalue weighted by Gasteiger charge is 2.26. The van der Waals surface area contributed by atoms with Crippen molar-refractivity contribution in [1.82, 2.24) is 19.9 Å². The molecule has 1 fully saturated rings. The molecule has 29 heavy (non-hydrogen) atoms. The minimum absolute atomic E-state index is 0.0446. The molecule has 0 saturated carbocycles. The van der Waals surface area contributed by atoms with Gasteiger partial charge >= 0.3 is 0 Å². The summed E-state index contributed by atoms with van der Waals surface area (Å²) in [4.78, 5) is 19.1. The number of rotatable bonds is 6. The third-order valence-electron chi connectivity index (χ3n) is 5.32. The molecule has 2 aromatic heterocycles. The second-order valence-electron chi connectivity index (χ2n) is 7.14. The first-order chi connectivity index (χ1) is 14.2. The second kappa shape index (κ2) is 8.34. The summed E-state index contributed by atoms with van der Waals surface area (Å²) in [5.41, 5.74) is 2.83. The number of benzene rings is 1. The van der Waals surface area contributed by atoms with Gasteiger partial charge in [0.1, 0.15) is 11.3 Å².